The van der Waals surface area contributed by atoms with Crippen molar-refractivity contribution in [2.45, 2.75) is 20.3 Å². The Balaban J connectivity index is 1.76. The summed E-state index contributed by atoms with van der Waals surface area (Å²) in [6.45, 7) is 3.40. The van der Waals surface area contributed by atoms with E-state index in [1.165, 1.54) is 0 Å². The predicted molar refractivity (Wildman–Crippen MR) is 103 cm³/mol. The summed E-state index contributed by atoms with van der Waals surface area (Å²) in [5.41, 5.74) is 4.43. The second-order valence-corrected chi connectivity index (χ2v) is 6.10. The molecule has 2 amide bonds. The number of halogens is 1. The molecule has 0 aliphatic heterocycles. The van der Waals surface area contributed by atoms with Gasteiger partial charge in [-0.2, -0.15) is 5.10 Å². The Morgan fingerprint density at radius 3 is 2.46 bits per heavy atom. The Kier molecular flexibility index (Phi) is 7.17. The van der Waals surface area contributed by atoms with Crippen LogP contribution in [0.5, 0.6) is 5.75 Å². The maximum absolute atomic E-state index is 11.9. The van der Waals surface area contributed by atoms with E-state index in [9.17, 15) is 9.59 Å². The fourth-order valence-electron chi connectivity index (χ4n) is 2.06. The molecule has 26 heavy (non-hydrogen) atoms. The highest BCUT2D eigenvalue weighted by molar-refractivity contribution is 6.30. The molecule has 7 heteroatoms. The molecule has 0 unspecified atom stereocenters. The zero-order valence-corrected chi connectivity index (χ0v) is 15.3. The predicted octanol–water partition coefficient (Wildman–Crippen LogP) is 3.55. The summed E-state index contributed by atoms with van der Waals surface area (Å²) in [4.78, 5) is 23.7. The first kappa shape index (κ1) is 19.5. The van der Waals surface area contributed by atoms with Gasteiger partial charge in [0.2, 0.25) is 5.91 Å². The number of aryl methyl sites for hydroxylation is 1. The Hall–Kier alpha value is -2.86. The minimum absolute atomic E-state index is 0.0571. The van der Waals surface area contributed by atoms with Crippen LogP contribution in [-0.2, 0) is 9.59 Å². The topological polar surface area (TPSA) is 79.8 Å². The molecular formula is C19H20ClN3O3. The number of ether oxygens (including phenoxy) is 1. The van der Waals surface area contributed by atoms with Gasteiger partial charge in [-0.1, -0.05) is 29.8 Å². The van der Waals surface area contributed by atoms with Crippen molar-refractivity contribution >= 4 is 34.8 Å². The number of anilines is 1. The highest BCUT2D eigenvalue weighted by Crippen LogP contribution is 2.16. The molecule has 0 atom stereocenters. The van der Waals surface area contributed by atoms with Crippen molar-refractivity contribution in [2.24, 2.45) is 5.10 Å². The van der Waals surface area contributed by atoms with Gasteiger partial charge in [0.1, 0.15) is 5.75 Å². The van der Waals surface area contributed by atoms with E-state index in [0.29, 0.717) is 22.2 Å². The minimum Gasteiger partial charge on any atom is -0.483 e. The van der Waals surface area contributed by atoms with Crippen LogP contribution in [0, 0.1) is 6.92 Å². The zero-order chi connectivity index (χ0) is 18.9. The summed E-state index contributed by atoms with van der Waals surface area (Å²) < 4.78 is 5.43. The van der Waals surface area contributed by atoms with Crippen molar-refractivity contribution in [1.82, 2.24) is 5.43 Å². The van der Waals surface area contributed by atoms with Crippen LogP contribution in [0.4, 0.5) is 5.69 Å². The molecule has 0 aromatic heterocycles. The smallest absolute Gasteiger partial charge is 0.277 e. The normalized spacial score (nSPS) is 11.0. The molecule has 0 heterocycles. The number of benzene rings is 2. The van der Waals surface area contributed by atoms with Crippen LogP contribution < -0.4 is 15.5 Å². The van der Waals surface area contributed by atoms with Gasteiger partial charge in [0, 0.05) is 16.4 Å². The first-order valence-corrected chi connectivity index (χ1v) is 8.37. The summed E-state index contributed by atoms with van der Waals surface area (Å²) in [6, 6.07) is 14.2. The van der Waals surface area contributed by atoms with Gasteiger partial charge in [0.15, 0.2) is 6.61 Å². The van der Waals surface area contributed by atoms with E-state index in [0.717, 1.165) is 5.56 Å². The molecule has 2 rings (SSSR count). The van der Waals surface area contributed by atoms with Crippen LogP contribution in [0.3, 0.4) is 0 Å². The second kappa shape index (κ2) is 9.58. The van der Waals surface area contributed by atoms with Gasteiger partial charge in [-0.3, -0.25) is 9.59 Å². The molecule has 0 aliphatic rings. The van der Waals surface area contributed by atoms with Crippen LogP contribution in [0.15, 0.2) is 53.6 Å². The molecule has 0 bridgehead atoms. The molecule has 0 aliphatic carbocycles. The number of carbonyl (C=O) groups is 2. The van der Waals surface area contributed by atoms with Crippen LogP contribution in [0.2, 0.25) is 5.02 Å². The van der Waals surface area contributed by atoms with E-state index in [1.54, 1.807) is 37.3 Å². The summed E-state index contributed by atoms with van der Waals surface area (Å²) in [5.74, 6) is 0.00962. The van der Waals surface area contributed by atoms with Gasteiger partial charge in [-0.05, 0) is 49.7 Å². The molecule has 136 valence electrons. The quantitative estimate of drug-likeness (QED) is 0.575. The minimum atomic E-state index is -0.397. The number of nitrogens with one attached hydrogen (secondary N) is 2. The van der Waals surface area contributed by atoms with Gasteiger partial charge in [-0.15, -0.1) is 0 Å². The number of rotatable bonds is 7. The monoisotopic (exact) mass is 373 g/mol. The van der Waals surface area contributed by atoms with Crippen LogP contribution in [0.1, 0.15) is 18.9 Å². The third-order valence-electron chi connectivity index (χ3n) is 3.37. The van der Waals surface area contributed by atoms with E-state index in [4.69, 9.17) is 16.3 Å². The average molecular weight is 374 g/mol. The van der Waals surface area contributed by atoms with Gasteiger partial charge < -0.3 is 10.1 Å². The SMILES string of the molecule is CC(CC(=O)Nc1ccc(Cl)cc1)=NNC(=O)COc1ccccc1C. The third kappa shape index (κ3) is 6.57. The van der Waals surface area contributed by atoms with Gasteiger partial charge in [0.25, 0.3) is 5.91 Å². The maximum atomic E-state index is 11.9. The lowest BCUT2D eigenvalue weighted by Gasteiger charge is -2.08. The van der Waals surface area contributed by atoms with Crippen molar-refractivity contribution in [1.29, 1.82) is 0 Å². The summed E-state index contributed by atoms with van der Waals surface area (Å²) in [5, 5.41) is 7.23. The highest BCUT2D eigenvalue weighted by atomic mass is 35.5. The van der Waals surface area contributed by atoms with Gasteiger partial charge in [0.05, 0.1) is 6.42 Å². The van der Waals surface area contributed by atoms with Crippen molar-refractivity contribution in [2.75, 3.05) is 11.9 Å². The molecule has 2 N–H and O–H groups in total. The first-order chi connectivity index (χ1) is 12.4. The molecule has 0 spiro atoms. The number of nitrogens with zero attached hydrogens (tertiary/aromatic N) is 1. The molecule has 0 radical (unpaired) electrons. The number of carbonyl (C=O) groups excluding carboxylic acids is 2. The number of para-hydroxylation sites is 1. The first-order valence-electron chi connectivity index (χ1n) is 8.00. The Bertz CT molecular complexity index is 804. The lowest BCUT2D eigenvalue weighted by molar-refractivity contribution is -0.123. The average Bonchev–Trinajstić information content (AvgIpc) is 2.61. The van der Waals surface area contributed by atoms with E-state index in [-0.39, 0.29) is 18.9 Å². The number of hydrogen-bond donors (Lipinski definition) is 2. The zero-order valence-electron chi connectivity index (χ0n) is 14.6. The lowest BCUT2D eigenvalue weighted by Crippen LogP contribution is -2.26. The van der Waals surface area contributed by atoms with Crippen LogP contribution in [-0.4, -0.2) is 24.1 Å². The van der Waals surface area contributed by atoms with Gasteiger partial charge in [-0.25, -0.2) is 5.43 Å². The van der Waals surface area contributed by atoms with Crippen molar-refractivity contribution in [3.05, 3.63) is 59.1 Å². The fourth-order valence-corrected chi connectivity index (χ4v) is 2.19. The van der Waals surface area contributed by atoms with Crippen molar-refractivity contribution in [3.8, 4) is 5.75 Å². The number of hydrazone groups is 1. The Labute approximate surface area is 157 Å². The summed E-state index contributed by atoms with van der Waals surface area (Å²) >= 11 is 5.79. The molecule has 0 fully saturated rings. The van der Waals surface area contributed by atoms with Gasteiger partial charge >= 0.3 is 0 Å². The van der Waals surface area contributed by atoms with E-state index in [1.807, 2.05) is 25.1 Å². The Morgan fingerprint density at radius 2 is 1.77 bits per heavy atom. The number of hydrogen-bond acceptors (Lipinski definition) is 4. The summed E-state index contributed by atoms with van der Waals surface area (Å²) in [7, 11) is 0. The Morgan fingerprint density at radius 1 is 1.08 bits per heavy atom. The van der Waals surface area contributed by atoms with Crippen molar-refractivity contribution < 1.29 is 14.3 Å². The molecule has 2 aromatic rings. The van der Waals surface area contributed by atoms with E-state index in [2.05, 4.69) is 15.8 Å². The van der Waals surface area contributed by atoms with E-state index >= 15 is 0 Å². The maximum Gasteiger partial charge on any atom is 0.277 e. The van der Waals surface area contributed by atoms with Crippen LogP contribution in [0.25, 0.3) is 0 Å². The van der Waals surface area contributed by atoms with E-state index < -0.39 is 5.91 Å². The standard InChI is InChI=1S/C19H20ClN3O3/c1-13-5-3-4-6-17(13)26-12-19(25)23-22-14(2)11-18(24)21-16-9-7-15(20)8-10-16/h3-10H,11-12H2,1-2H3,(H,21,24)(H,23,25). The molecule has 0 saturated carbocycles. The molecule has 6 nitrogen and oxygen atoms in total. The molecule has 2 aromatic carbocycles. The third-order valence-corrected chi connectivity index (χ3v) is 3.62. The largest absolute Gasteiger partial charge is 0.483 e. The molecule has 0 saturated heterocycles. The second-order valence-electron chi connectivity index (χ2n) is 5.67. The number of amides is 2. The van der Waals surface area contributed by atoms with Crippen molar-refractivity contribution in [3.63, 3.8) is 0 Å². The summed E-state index contributed by atoms with van der Waals surface area (Å²) in [6.07, 6.45) is 0.0571. The fraction of sp³-hybridized carbons (Fsp3) is 0.211. The highest BCUT2D eigenvalue weighted by Gasteiger charge is 2.07. The molecular weight excluding hydrogens is 354 g/mol. The van der Waals surface area contributed by atoms with Crippen LogP contribution >= 0.6 is 11.6 Å². The lowest BCUT2D eigenvalue weighted by atomic mass is 10.2.